The van der Waals surface area contributed by atoms with Gasteiger partial charge in [-0.05, 0) is 42.3 Å². The van der Waals surface area contributed by atoms with Crippen LogP contribution in [0.4, 0.5) is 0 Å². The highest BCUT2D eigenvalue weighted by Crippen LogP contribution is 2.17. The van der Waals surface area contributed by atoms with E-state index >= 15 is 0 Å². The normalized spacial score (nSPS) is 10.4. The molecule has 1 N–H and O–H groups in total. The van der Waals surface area contributed by atoms with Crippen LogP contribution in [-0.2, 0) is 6.42 Å². The van der Waals surface area contributed by atoms with Crippen molar-refractivity contribution in [1.29, 1.82) is 0 Å². The highest BCUT2D eigenvalue weighted by Gasteiger charge is 2.08. The third kappa shape index (κ3) is 3.63. The molecule has 0 spiro atoms. The molecule has 0 saturated heterocycles. The Morgan fingerprint density at radius 1 is 1.17 bits per heavy atom. The Balaban J connectivity index is 1.62. The average molecular weight is 321 g/mol. The molecule has 3 rings (SSSR count). The number of hydrogen-bond acceptors (Lipinski definition) is 3. The van der Waals surface area contributed by atoms with Gasteiger partial charge in [-0.15, -0.1) is 0 Å². The van der Waals surface area contributed by atoms with Crippen LogP contribution in [0.1, 0.15) is 15.9 Å². The van der Waals surface area contributed by atoms with Crippen molar-refractivity contribution in [2.45, 2.75) is 6.42 Å². The first-order valence-corrected chi connectivity index (χ1v) is 7.78. The summed E-state index contributed by atoms with van der Waals surface area (Å²) in [7, 11) is 1.65. The molecule has 0 atom stereocenters. The van der Waals surface area contributed by atoms with Crippen molar-refractivity contribution in [3.8, 4) is 11.4 Å². The van der Waals surface area contributed by atoms with Crippen LogP contribution in [0.3, 0.4) is 0 Å². The lowest BCUT2D eigenvalue weighted by molar-refractivity contribution is 0.0954. The van der Waals surface area contributed by atoms with Gasteiger partial charge in [0.1, 0.15) is 5.75 Å². The molecule has 122 valence electrons. The van der Waals surface area contributed by atoms with E-state index in [0.29, 0.717) is 18.5 Å². The highest BCUT2D eigenvalue weighted by molar-refractivity contribution is 5.94. The van der Waals surface area contributed by atoms with Crippen molar-refractivity contribution in [2.24, 2.45) is 0 Å². The summed E-state index contributed by atoms with van der Waals surface area (Å²) in [5.74, 6) is 0.742. The SMILES string of the molecule is COc1ccccc1CCNC(=O)c1cccc(-n2cccn2)c1. The molecule has 1 heterocycles. The number of rotatable bonds is 6. The second-order valence-electron chi connectivity index (χ2n) is 5.32. The number of nitrogens with one attached hydrogen (secondary N) is 1. The van der Waals surface area contributed by atoms with Gasteiger partial charge < -0.3 is 10.1 Å². The largest absolute Gasteiger partial charge is 0.496 e. The highest BCUT2D eigenvalue weighted by atomic mass is 16.5. The molecule has 1 aromatic heterocycles. The molecule has 24 heavy (non-hydrogen) atoms. The second kappa shape index (κ2) is 7.46. The number of methoxy groups -OCH3 is 1. The Morgan fingerprint density at radius 2 is 2.04 bits per heavy atom. The molecule has 5 heteroatoms. The van der Waals surface area contributed by atoms with Gasteiger partial charge in [-0.25, -0.2) is 4.68 Å². The summed E-state index contributed by atoms with van der Waals surface area (Å²) < 4.78 is 7.05. The zero-order chi connectivity index (χ0) is 16.8. The topological polar surface area (TPSA) is 56.1 Å². The number of ether oxygens (including phenoxy) is 1. The minimum absolute atomic E-state index is 0.0982. The molecular weight excluding hydrogens is 302 g/mol. The van der Waals surface area contributed by atoms with Crippen LogP contribution in [0.5, 0.6) is 5.75 Å². The lowest BCUT2D eigenvalue weighted by Gasteiger charge is -2.10. The first kappa shape index (κ1) is 15.8. The van der Waals surface area contributed by atoms with E-state index in [0.717, 1.165) is 17.0 Å². The molecule has 3 aromatic rings. The quantitative estimate of drug-likeness (QED) is 0.759. The summed E-state index contributed by atoms with van der Waals surface area (Å²) in [6.45, 7) is 0.547. The summed E-state index contributed by atoms with van der Waals surface area (Å²) in [5, 5.41) is 7.13. The summed E-state index contributed by atoms with van der Waals surface area (Å²) in [4.78, 5) is 12.3. The minimum Gasteiger partial charge on any atom is -0.496 e. The van der Waals surface area contributed by atoms with Crippen LogP contribution >= 0.6 is 0 Å². The van der Waals surface area contributed by atoms with Crippen LogP contribution < -0.4 is 10.1 Å². The van der Waals surface area contributed by atoms with Gasteiger partial charge in [0.15, 0.2) is 0 Å². The zero-order valence-electron chi connectivity index (χ0n) is 13.5. The molecule has 2 aromatic carbocycles. The van der Waals surface area contributed by atoms with Gasteiger partial charge in [0, 0.05) is 24.5 Å². The van der Waals surface area contributed by atoms with E-state index in [-0.39, 0.29) is 5.91 Å². The van der Waals surface area contributed by atoms with Gasteiger partial charge in [-0.1, -0.05) is 24.3 Å². The third-order valence-electron chi connectivity index (χ3n) is 3.75. The Labute approximate surface area is 140 Å². The molecule has 0 aliphatic carbocycles. The van der Waals surface area contributed by atoms with Gasteiger partial charge in [-0.3, -0.25) is 4.79 Å². The predicted octanol–water partition coefficient (Wildman–Crippen LogP) is 2.85. The number of carbonyl (C=O) groups excluding carboxylic acids is 1. The molecule has 0 bridgehead atoms. The average Bonchev–Trinajstić information content (AvgIpc) is 3.17. The fourth-order valence-corrected chi connectivity index (χ4v) is 2.53. The Morgan fingerprint density at radius 3 is 2.83 bits per heavy atom. The van der Waals surface area contributed by atoms with Crippen molar-refractivity contribution in [1.82, 2.24) is 15.1 Å². The maximum Gasteiger partial charge on any atom is 0.251 e. The van der Waals surface area contributed by atoms with Crippen molar-refractivity contribution in [3.05, 3.63) is 78.1 Å². The Bertz CT molecular complexity index is 813. The molecule has 5 nitrogen and oxygen atoms in total. The monoisotopic (exact) mass is 321 g/mol. The number of aromatic nitrogens is 2. The van der Waals surface area contributed by atoms with Gasteiger partial charge >= 0.3 is 0 Å². The van der Waals surface area contributed by atoms with E-state index in [2.05, 4.69) is 10.4 Å². The lowest BCUT2D eigenvalue weighted by Crippen LogP contribution is -2.25. The molecule has 0 aliphatic heterocycles. The van der Waals surface area contributed by atoms with Crippen LogP contribution in [-0.4, -0.2) is 29.3 Å². The molecule has 0 unspecified atom stereocenters. The number of benzene rings is 2. The van der Waals surface area contributed by atoms with Crippen LogP contribution in [0.2, 0.25) is 0 Å². The number of nitrogens with zero attached hydrogens (tertiary/aromatic N) is 2. The first-order valence-electron chi connectivity index (χ1n) is 7.78. The smallest absolute Gasteiger partial charge is 0.251 e. The van der Waals surface area contributed by atoms with Gasteiger partial charge in [0.2, 0.25) is 0 Å². The zero-order valence-corrected chi connectivity index (χ0v) is 13.5. The van der Waals surface area contributed by atoms with Crippen molar-refractivity contribution >= 4 is 5.91 Å². The van der Waals surface area contributed by atoms with E-state index < -0.39 is 0 Å². The van der Waals surface area contributed by atoms with Crippen molar-refractivity contribution in [3.63, 3.8) is 0 Å². The third-order valence-corrected chi connectivity index (χ3v) is 3.75. The standard InChI is InChI=1S/C19H19N3O2/c1-24-18-9-3-2-6-15(18)10-12-20-19(23)16-7-4-8-17(14-16)22-13-5-11-21-22/h2-9,11,13-14H,10,12H2,1H3,(H,20,23). The van der Waals surface area contributed by atoms with Gasteiger partial charge in [0.25, 0.3) is 5.91 Å². The van der Waals surface area contributed by atoms with Crippen molar-refractivity contribution in [2.75, 3.05) is 13.7 Å². The first-order chi connectivity index (χ1) is 11.8. The van der Waals surface area contributed by atoms with E-state index in [9.17, 15) is 4.79 Å². The van der Waals surface area contributed by atoms with E-state index in [4.69, 9.17) is 4.74 Å². The fourth-order valence-electron chi connectivity index (χ4n) is 2.53. The Hall–Kier alpha value is -3.08. The summed E-state index contributed by atoms with van der Waals surface area (Å²) in [6.07, 6.45) is 4.27. The molecule has 0 aliphatic rings. The van der Waals surface area contributed by atoms with E-state index in [1.807, 2.05) is 54.7 Å². The van der Waals surface area contributed by atoms with E-state index in [1.165, 1.54) is 0 Å². The van der Waals surface area contributed by atoms with Gasteiger partial charge in [-0.2, -0.15) is 5.10 Å². The Kier molecular flexibility index (Phi) is 4.91. The predicted molar refractivity (Wildman–Crippen MR) is 92.6 cm³/mol. The number of amides is 1. The fraction of sp³-hybridized carbons (Fsp3) is 0.158. The number of carbonyl (C=O) groups is 1. The second-order valence-corrected chi connectivity index (χ2v) is 5.32. The molecule has 0 fully saturated rings. The maximum absolute atomic E-state index is 12.3. The van der Waals surface area contributed by atoms with Gasteiger partial charge in [0.05, 0.1) is 12.8 Å². The minimum atomic E-state index is -0.0982. The molecule has 0 radical (unpaired) electrons. The summed E-state index contributed by atoms with van der Waals surface area (Å²) in [5.41, 5.74) is 2.55. The number of hydrogen-bond donors (Lipinski definition) is 1. The number of para-hydroxylation sites is 1. The maximum atomic E-state index is 12.3. The van der Waals surface area contributed by atoms with Crippen LogP contribution in [0.25, 0.3) is 5.69 Å². The van der Waals surface area contributed by atoms with Crippen LogP contribution in [0, 0.1) is 0 Å². The summed E-state index contributed by atoms with van der Waals surface area (Å²) in [6, 6.07) is 17.1. The van der Waals surface area contributed by atoms with E-state index in [1.54, 1.807) is 24.1 Å². The van der Waals surface area contributed by atoms with Crippen molar-refractivity contribution < 1.29 is 9.53 Å². The molecule has 1 amide bonds. The molecule has 0 saturated carbocycles. The lowest BCUT2D eigenvalue weighted by atomic mass is 10.1. The van der Waals surface area contributed by atoms with Crippen LogP contribution in [0.15, 0.2) is 67.0 Å². The summed E-state index contributed by atoms with van der Waals surface area (Å²) >= 11 is 0. The molecular formula is C19H19N3O2.